The van der Waals surface area contributed by atoms with Gasteiger partial charge in [-0.15, -0.1) is 0 Å². The lowest BCUT2D eigenvalue weighted by molar-refractivity contribution is -0.0381. The number of aliphatic hydroxyl groups excluding tert-OH is 1. The van der Waals surface area contributed by atoms with E-state index in [1.807, 2.05) is 30.3 Å². The first-order valence-corrected chi connectivity index (χ1v) is 8.60. The van der Waals surface area contributed by atoms with Gasteiger partial charge in [-0.25, -0.2) is 0 Å². The Morgan fingerprint density at radius 1 is 1.12 bits per heavy atom. The van der Waals surface area contributed by atoms with Crippen molar-refractivity contribution < 1.29 is 14.9 Å². The van der Waals surface area contributed by atoms with Crippen LogP contribution in [0.25, 0.3) is 5.57 Å². The van der Waals surface area contributed by atoms with Crippen molar-refractivity contribution in [3.63, 3.8) is 0 Å². The molecule has 0 spiro atoms. The molecule has 1 heterocycles. The van der Waals surface area contributed by atoms with E-state index in [1.54, 1.807) is 0 Å². The number of rotatable bonds is 5. The van der Waals surface area contributed by atoms with Crippen LogP contribution in [0.5, 0.6) is 5.75 Å². The van der Waals surface area contributed by atoms with Crippen LogP contribution in [0.2, 0.25) is 0 Å². The van der Waals surface area contributed by atoms with Gasteiger partial charge in [0.05, 0.1) is 0 Å². The van der Waals surface area contributed by atoms with Gasteiger partial charge >= 0.3 is 0 Å². The molecule has 4 nitrogen and oxygen atoms in total. The quantitative estimate of drug-likeness (QED) is 0.823. The van der Waals surface area contributed by atoms with E-state index in [2.05, 4.69) is 37.2 Å². The molecule has 0 amide bonds. The fraction of sp³-hybridized carbons (Fsp3) is 0.333. The highest BCUT2D eigenvalue weighted by molar-refractivity contribution is 5.85. The van der Waals surface area contributed by atoms with Gasteiger partial charge in [-0.05, 0) is 54.9 Å². The van der Waals surface area contributed by atoms with Crippen LogP contribution in [0.4, 0.5) is 0 Å². The first-order chi connectivity index (χ1) is 12.0. The average Bonchev–Trinajstić information content (AvgIpc) is 2.72. The summed E-state index contributed by atoms with van der Waals surface area (Å²) in [5.74, 6) is 0.837. The van der Waals surface area contributed by atoms with Crippen molar-refractivity contribution in [1.29, 1.82) is 0 Å². The average molecular weight is 339 g/mol. The maximum Gasteiger partial charge on any atom is 0.155 e. The van der Waals surface area contributed by atoms with Crippen molar-refractivity contribution in [3.05, 3.63) is 70.8 Å². The minimum absolute atomic E-state index is 0.208. The molecule has 0 saturated carbocycles. The van der Waals surface area contributed by atoms with Crippen LogP contribution in [0.15, 0.2) is 48.5 Å². The summed E-state index contributed by atoms with van der Waals surface area (Å²) >= 11 is 0. The summed E-state index contributed by atoms with van der Waals surface area (Å²) in [4.78, 5) is 2.16. The Bertz CT molecular complexity index is 765. The summed E-state index contributed by atoms with van der Waals surface area (Å²) < 4.78 is 6.02. The van der Waals surface area contributed by atoms with Gasteiger partial charge in [-0.1, -0.05) is 36.4 Å². The van der Waals surface area contributed by atoms with Crippen LogP contribution >= 0.6 is 0 Å². The van der Waals surface area contributed by atoms with Crippen molar-refractivity contribution in [3.8, 4) is 5.75 Å². The number of hydrogen-bond donors (Lipinski definition) is 2. The van der Waals surface area contributed by atoms with Crippen molar-refractivity contribution in [2.24, 2.45) is 0 Å². The van der Waals surface area contributed by atoms with E-state index in [4.69, 9.17) is 4.74 Å². The molecule has 4 heteroatoms. The zero-order valence-corrected chi connectivity index (χ0v) is 14.8. The Hall–Kier alpha value is -2.14. The number of aliphatic hydroxyl groups is 2. The number of nitrogens with zero attached hydrogens (tertiary/aromatic N) is 1. The highest BCUT2D eigenvalue weighted by Crippen LogP contribution is 2.37. The summed E-state index contributed by atoms with van der Waals surface area (Å²) in [6.07, 6.45) is 2.05. The van der Waals surface area contributed by atoms with E-state index in [-0.39, 0.29) is 6.42 Å². The second-order valence-corrected chi connectivity index (χ2v) is 6.67. The maximum absolute atomic E-state index is 9.30. The van der Waals surface area contributed by atoms with Crippen molar-refractivity contribution in [2.45, 2.75) is 25.7 Å². The standard InChI is InChI=1S/C21H25NO3/c1-22(2)11-5-8-18-17-7-4-3-6-16(17)14-25-20-10-9-15(12-19(18)20)13-21(23)24/h3-4,6-10,12,21,23-24H,5,11,13-14H2,1-2H3/b18-8-. The molecule has 0 saturated heterocycles. The zero-order chi connectivity index (χ0) is 17.8. The molecule has 0 radical (unpaired) electrons. The normalized spacial score (nSPS) is 15.0. The van der Waals surface area contributed by atoms with Gasteiger partial charge in [0.15, 0.2) is 6.29 Å². The molecule has 0 aromatic heterocycles. The van der Waals surface area contributed by atoms with E-state index in [9.17, 15) is 10.2 Å². The fourth-order valence-electron chi connectivity index (χ4n) is 3.15. The lowest BCUT2D eigenvalue weighted by Gasteiger charge is -2.14. The smallest absolute Gasteiger partial charge is 0.155 e. The predicted molar refractivity (Wildman–Crippen MR) is 99.4 cm³/mol. The molecule has 3 rings (SSSR count). The van der Waals surface area contributed by atoms with Gasteiger partial charge in [0, 0.05) is 18.5 Å². The Morgan fingerprint density at radius 3 is 2.68 bits per heavy atom. The third kappa shape index (κ3) is 4.28. The predicted octanol–water partition coefficient (Wildman–Crippen LogP) is 2.82. The molecule has 1 aliphatic rings. The molecule has 0 atom stereocenters. The fourth-order valence-corrected chi connectivity index (χ4v) is 3.15. The van der Waals surface area contributed by atoms with Crippen LogP contribution in [0.3, 0.4) is 0 Å². The van der Waals surface area contributed by atoms with Gasteiger partial charge < -0.3 is 19.8 Å². The molecular weight excluding hydrogens is 314 g/mol. The monoisotopic (exact) mass is 339 g/mol. The van der Waals surface area contributed by atoms with Crippen molar-refractivity contribution in [2.75, 3.05) is 20.6 Å². The van der Waals surface area contributed by atoms with Gasteiger partial charge in [0.1, 0.15) is 12.4 Å². The molecule has 0 aliphatic carbocycles. The Morgan fingerprint density at radius 2 is 1.92 bits per heavy atom. The third-order valence-corrected chi connectivity index (χ3v) is 4.37. The topological polar surface area (TPSA) is 52.9 Å². The molecular formula is C21H25NO3. The zero-order valence-electron chi connectivity index (χ0n) is 14.8. The first kappa shape index (κ1) is 17.7. The van der Waals surface area contributed by atoms with E-state index < -0.39 is 6.29 Å². The summed E-state index contributed by atoms with van der Waals surface area (Å²) in [7, 11) is 4.13. The molecule has 25 heavy (non-hydrogen) atoms. The number of ether oxygens (including phenoxy) is 1. The van der Waals surface area contributed by atoms with Gasteiger partial charge in [-0.2, -0.15) is 0 Å². The van der Waals surface area contributed by atoms with E-state index >= 15 is 0 Å². The second-order valence-electron chi connectivity index (χ2n) is 6.67. The maximum atomic E-state index is 9.30. The molecule has 0 fully saturated rings. The van der Waals surface area contributed by atoms with Crippen molar-refractivity contribution in [1.82, 2.24) is 4.90 Å². The molecule has 0 bridgehead atoms. The summed E-state index contributed by atoms with van der Waals surface area (Å²) in [6.45, 7) is 1.51. The number of benzene rings is 2. The van der Waals surface area contributed by atoms with Crippen LogP contribution < -0.4 is 4.74 Å². The molecule has 0 unspecified atom stereocenters. The highest BCUT2D eigenvalue weighted by Gasteiger charge is 2.19. The Kier molecular flexibility index (Phi) is 5.53. The molecule has 2 aromatic rings. The number of fused-ring (bicyclic) bond motifs is 2. The van der Waals surface area contributed by atoms with E-state index in [0.29, 0.717) is 6.61 Å². The summed E-state index contributed by atoms with van der Waals surface area (Å²) in [6, 6.07) is 14.1. The third-order valence-electron chi connectivity index (χ3n) is 4.37. The molecule has 1 aliphatic heterocycles. The van der Waals surface area contributed by atoms with Crippen LogP contribution in [0.1, 0.15) is 28.7 Å². The van der Waals surface area contributed by atoms with Gasteiger partial charge in [0.25, 0.3) is 0 Å². The minimum atomic E-state index is -1.35. The summed E-state index contributed by atoms with van der Waals surface area (Å²) in [5, 5.41) is 18.6. The van der Waals surface area contributed by atoms with Crippen LogP contribution in [-0.2, 0) is 13.0 Å². The number of hydrogen-bond acceptors (Lipinski definition) is 4. The van der Waals surface area contributed by atoms with Crippen LogP contribution in [0, 0.1) is 0 Å². The largest absolute Gasteiger partial charge is 0.488 e. The molecule has 132 valence electrons. The van der Waals surface area contributed by atoms with E-state index in [1.165, 1.54) is 11.1 Å². The second kappa shape index (κ2) is 7.83. The molecule has 2 N–H and O–H groups in total. The minimum Gasteiger partial charge on any atom is -0.488 e. The van der Waals surface area contributed by atoms with Crippen LogP contribution in [-0.4, -0.2) is 42.0 Å². The van der Waals surface area contributed by atoms with Gasteiger partial charge in [0.2, 0.25) is 0 Å². The first-order valence-electron chi connectivity index (χ1n) is 8.60. The summed E-state index contributed by atoms with van der Waals surface area (Å²) in [5.41, 5.74) is 5.40. The SMILES string of the molecule is CN(C)CC/C=C1/c2ccccc2COc2ccc(CC(O)O)cc21. The lowest BCUT2D eigenvalue weighted by Crippen LogP contribution is -2.12. The van der Waals surface area contributed by atoms with E-state index in [0.717, 1.165) is 35.4 Å². The highest BCUT2D eigenvalue weighted by atomic mass is 16.5. The molecule has 2 aromatic carbocycles. The Balaban J connectivity index is 2.06. The Labute approximate surface area is 149 Å². The lowest BCUT2D eigenvalue weighted by atomic mass is 9.92. The van der Waals surface area contributed by atoms with Crippen molar-refractivity contribution >= 4 is 5.57 Å². The van der Waals surface area contributed by atoms with Gasteiger partial charge in [-0.3, -0.25) is 0 Å².